The summed E-state index contributed by atoms with van der Waals surface area (Å²) in [5, 5.41) is 4.32. The van der Waals surface area contributed by atoms with Gasteiger partial charge >= 0.3 is 0 Å². The van der Waals surface area contributed by atoms with Gasteiger partial charge in [-0.3, -0.25) is 11.3 Å². The second-order valence-electron chi connectivity index (χ2n) is 4.25. The number of aryl methyl sites for hydroxylation is 2. The number of nitrogens with two attached hydrogens (primary N) is 1. The van der Waals surface area contributed by atoms with Crippen LogP contribution in [0.15, 0.2) is 41.1 Å². The molecule has 2 aromatic rings. The van der Waals surface area contributed by atoms with Gasteiger partial charge in [0.25, 0.3) is 0 Å². The van der Waals surface area contributed by atoms with Crippen molar-refractivity contribution in [2.24, 2.45) is 5.84 Å². The maximum absolute atomic E-state index is 5.67. The van der Waals surface area contributed by atoms with E-state index < -0.39 is 0 Å². The Labute approximate surface area is 106 Å². The molecule has 0 saturated carbocycles. The van der Waals surface area contributed by atoms with Crippen molar-refractivity contribution in [2.45, 2.75) is 25.8 Å². The SMILES string of the molecule is Cc1ccccc1C(CCc1ccsc1)NN. The van der Waals surface area contributed by atoms with Crippen molar-refractivity contribution in [2.75, 3.05) is 0 Å². The number of rotatable bonds is 5. The second kappa shape index (κ2) is 5.96. The molecule has 90 valence electrons. The van der Waals surface area contributed by atoms with E-state index in [2.05, 4.69) is 53.4 Å². The van der Waals surface area contributed by atoms with Crippen molar-refractivity contribution in [3.8, 4) is 0 Å². The largest absolute Gasteiger partial charge is 0.271 e. The number of hydrogen-bond acceptors (Lipinski definition) is 3. The molecule has 0 radical (unpaired) electrons. The maximum atomic E-state index is 5.67. The van der Waals surface area contributed by atoms with E-state index in [9.17, 15) is 0 Å². The Bertz CT molecular complexity index is 451. The standard InChI is InChI=1S/C14H18N2S/c1-11-4-2-3-5-13(11)14(16-15)7-6-12-8-9-17-10-12/h2-5,8-10,14,16H,6-7,15H2,1H3. The topological polar surface area (TPSA) is 38.0 Å². The van der Waals surface area contributed by atoms with Gasteiger partial charge in [0.15, 0.2) is 0 Å². The molecule has 1 unspecified atom stereocenters. The first-order chi connectivity index (χ1) is 8.31. The van der Waals surface area contributed by atoms with Crippen molar-refractivity contribution in [1.29, 1.82) is 0 Å². The second-order valence-corrected chi connectivity index (χ2v) is 5.03. The molecule has 0 bridgehead atoms. The molecule has 1 heterocycles. The Morgan fingerprint density at radius 3 is 2.76 bits per heavy atom. The van der Waals surface area contributed by atoms with Crippen LogP contribution in [0.1, 0.15) is 29.2 Å². The molecule has 3 heteroatoms. The first-order valence-corrected chi connectivity index (χ1v) is 6.78. The van der Waals surface area contributed by atoms with Crippen LogP contribution in [0.4, 0.5) is 0 Å². The van der Waals surface area contributed by atoms with Crippen LogP contribution in [0, 0.1) is 6.92 Å². The van der Waals surface area contributed by atoms with E-state index in [0.29, 0.717) is 0 Å². The van der Waals surface area contributed by atoms with Gasteiger partial charge in [-0.15, -0.1) is 0 Å². The minimum absolute atomic E-state index is 0.232. The molecule has 2 nitrogen and oxygen atoms in total. The highest BCUT2D eigenvalue weighted by Gasteiger charge is 2.11. The van der Waals surface area contributed by atoms with Gasteiger partial charge in [-0.05, 0) is 53.3 Å². The minimum atomic E-state index is 0.232. The van der Waals surface area contributed by atoms with Crippen LogP contribution < -0.4 is 11.3 Å². The Morgan fingerprint density at radius 1 is 1.29 bits per heavy atom. The lowest BCUT2D eigenvalue weighted by Gasteiger charge is -2.18. The average molecular weight is 246 g/mol. The number of hydrogen-bond donors (Lipinski definition) is 2. The molecule has 0 aliphatic carbocycles. The first kappa shape index (κ1) is 12.3. The van der Waals surface area contributed by atoms with Crippen LogP contribution in [0.2, 0.25) is 0 Å². The third kappa shape index (κ3) is 3.16. The highest BCUT2D eigenvalue weighted by Crippen LogP contribution is 2.22. The minimum Gasteiger partial charge on any atom is -0.271 e. The lowest BCUT2D eigenvalue weighted by molar-refractivity contribution is 0.514. The molecule has 0 aliphatic rings. The highest BCUT2D eigenvalue weighted by molar-refractivity contribution is 7.07. The first-order valence-electron chi connectivity index (χ1n) is 5.84. The van der Waals surface area contributed by atoms with Gasteiger partial charge in [-0.1, -0.05) is 24.3 Å². The molecule has 1 aromatic carbocycles. The van der Waals surface area contributed by atoms with E-state index in [-0.39, 0.29) is 6.04 Å². The summed E-state index contributed by atoms with van der Waals surface area (Å²) in [5.74, 6) is 5.67. The number of benzene rings is 1. The fourth-order valence-electron chi connectivity index (χ4n) is 2.05. The molecular formula is C14H18N2S. The zero-order valence-corrected chi connectivity index (χ0v) is 10.8. The molecule has 0 amide bonds. The molecule has 3 N–H and O–H groups in total. The molecule has 1 aromatic heterocycles. The van der Waals surface area contributed by atoms with E-state index in [0.717, 1.165) is 12.8 Å². The van der Waals surface area contributed by atoms with Crippen LogP contribution in [0.3, 0.4) is 0 Å². The fraction of sp³-hybridized carbons (Fsp3) is 0.286. The van der Waals surface area contributed by atoms with Crippen LogP contribution in [-0.2, 0) is 6.42 Å². The third-order valence-electron chi connectivity index (χ3n) is 3.07. The van der Waals surface area contributed by atoms with Crippen LogP contribution in [0.5, 0.6) is 0 Å². The normalized spacial score (nSPS) is 12.6. The van der Waals surface area contributed by atoms with E-state index >= 15 is 0 Å². The summed E-state index contributed by atoms with van der Waals surface area (Å²) in [6, 6.07) is 10.8. The molecule has 0 aliphatic heterocycles. The predicted octanol–water partition coefficient (Wildman–Crippen LogP) is 3.19. The van der Waals surface area contributed by atoms with Gasteiger partial charge < -0.3 is 0 Å². The monoisotopic (exact) mass is 246 g/mol. The molecule has 0 saturated heterocycles. The molecule has 0 fully saturated rings. The Morgan fingerprint density at radius 2 is 2.12 bits per heavy atom. The predicted molar refractivity (Wildman–Crippen MR) is 73.9 cm³/mol. The van der Waals surface area contributed by atoms with E-state index in [4.69, 9.17) is 5.84 Å². The summed E-state index contributed by atoms with van der Waals surface area (Å²) >= 11 is 1.75. The lowest BCUT2D eigenvalue weighted by atomic mass is 9.97. The maximum Gasteiger partial charge on any atom is 0.0465 e. The number of thiophene rings is 1. The molecule has 2 rings (SSSR count). The smallest absolute Gasteiger partial charge is 0.0465 e. The van der Waals surface area contributed by atoms with Crippen LogP contribution in [0.25, 0.3) is 0 Å². The van der Waals surface area contributed by atoms with Gasteiger partial charge in [0, 0.05) is 6.04 Å². The van der Waals surface area contributed by atoms with Gasteiger partial charge in [0.2, 0.25) is 0 Å². The van der Waals surface area contributed by atoms with Crippen LogP contribution >= 0.6 is 11.3 Å². The van der Waals surface area contributed by atoms with E-state index in [1.165, 1.54) is 16.7 Å². The average Bonchev–Trinajstić information content (AvgIpc) is 2.85. The number of hydrazine groups is 1. The summed E-state index contributed by atoms with van der Waals surface area (Å²) < 4.78 is 0. The Kier molecular flexibility index (Phi) is 4.31. The summed E-state index contributed by atoms with van der Waals surface area (Å²) in [7, 11) is 0. The van der Waals surface area contributed by atoms with Gasteiger partial charge in [0.05, 0.1) is 0 Å². The zero-order valence-electron chi connectivity index (χ0n) is 10.0. The number of nitrogens with one attached hydrogen (secondary N) is 1. The van der Waals surface area contributed by atoms with Crippen molar-refractivity contribution >= 4 is 11.3 Å². The Balaban J connectivity index is 2.04. The van der Waals surface area contributed by atoms with Gasteiger partial charge in [-0.25, -0.2) is 0 Å². The summed E-state index contributed by atoms with van der Waals surface area (Å²) in [6.07, 6.45) is 2.09. The lowest BCUT2D eigenvalue weighted by Crippen LogP contribution is -2.28. The third-order valence-corrected chi connectivity index (χ3v) is 3.80. The summed E-state index contributed by atoms with van der Waals surface area (Å²) in [6.45, 7) is 2.13. The highest BCUT2D eigenvalue weighted by atomic mass is 32.1. The molecule has 0 spiro atoms. The zero-order chi connectivity index (χ0) is 12.1. The van der Waals surface area contributed by atoms with Crippen molar-refractivity contribution in [1.82, 2.24) is 5.43 Å². The molecular weight excluding hydrogens is 228 g/mol. The summed E-state index contributed by atoms with van der Waals surface area (Å²) in [4.78, 5) is 0. The van der Waals surface area contributed by atoms with E-state index in [1.54, 1.807) is 11.3 Å². The fourth-order valence-corrected chi connectivity index (χ4v) is 2.76. The summed E-state index contributed by atoms with van der Waals surface area (Å²) in [5.41, 5.74) is 6.91. The van der Waals surface area contributed by atoms with E-state index in [1.807, 2.05) is 0 Å². The van der Waals surface area contributed by atoms with Crippen molar-refractivity contribution in [3.63, 3.8) is 0 Å². The quantitative estimate of drug-likeness (QED) is 0.628. The van der Waals surface area contributed by atoms with Gasteiger partial charge in [0.1, 0.15) is 0 Å². The molecule has 17 heavy (non-hydrogen) atoms. The Hall–Kier alpha value is -1.16. The van der Waals surface area contributed by atoms with Crippen molar-refractivity contribution in [3.05, 3.63) is 57.8 Å². The van der Waals surface area contributed by atoms with Crippen LogP contribution in [-0.4, -0.2) is 0 Å². The van der Waals surface area contributed by atoms with Crippen molar-refractivity contribution < 1.29 is 0 Å². The molecule has 1 atom stereocenters. The van der Waals surface area contributed by atoms with Gasteiger partial charge in [-0.2, -0.15) is 11.3 Å².